The number of benzene rings is 1. The third-order valence-corrected chi connectivity index (χ3v) is 2.91. The minimum absolute atomic E-state index is 0.0698. The van der Waals surface area contributed by atoms with E-state index < -0.39 is 0 Å². The Balaban J connectivity index is 2.33. The van der Waals surface area contributed by atoms with Crippen LogP contribution in [0.1, 0.15) is 5.69 Å². The maximum absolute atomic E-state index is 8.90. The molecule has 18 heavy (non-hydrogen) atoms. The highest BCUT2D eigenvalue weighted by molar-refractivity contribution is 5.83. The highest BCUT2D eigenvalue weighted by Crippen LogP contribution is 2.22. The normalized spacial score (nSPS) is 11.2. The largest absolute Gasteiger partial charge is 0.395 e. The van der Waals surface area contributed by atoms with Crippen LogP contribution in [0.25, 0.3) is 16.7 Å². The van der Waals surface area contributed by atoms with Gasteiger partial charge in [-0.3, -0.25) is 4.40 Å². The van der Waals surface area contributed by atoms with Crippen molar-refractivity contribution in [3.63, 3.8) is 0 Å². The molecule has 2 heterocycles. The van der Waals surface area contributed by atoms with Crippen molar-refractivity contribution in [3.05, 3.63) is 36.2 Å². The van der Waals surface area contributed by atoms with Gasteiger partial charge in [-0.1, -0.05) is 12.1 Å². The molecule has 2 aromatic heterocycles. The van der Waals surface area contributed by atoms with Gasteiger partial charge in [0, 0.05) is 18.4 Å². The number of aryl methyl sites for hydroxylation is 1. The molecule has 0 aliphatic heterocycles. The number of aliphatic hydroxyl groups is 1. The molecule has 92 valence electrons. The lowest BCUT2D eigenvalue weighted by atomic mass is 10.3. The summed E-state index contributed by atoms with van der Waals surface area (Å²) in [6, 6.07) is 7.95. The number of aliphatic hydroxyl groups excluding tert-OH is 1. The lowest BCUT2D eigenvalue weighted by Crippen LogP contribution is -2.09. The van der Waals surface area contributed by atoms with Crippen molar-refractivity contribution in [1.82, 2.24) is 14.4 Å². The van der Waals surface area contributed by atoms with Crippen LogP contribution in [0, 0.1) is 6.92 Å². The summed E-state index contributed by atoms with van der Waals surface area (Å²) < 4.78 is 2.07. The fourth-order valence-corrected chi connectivity index (χ4v) is 2.12. The van der Waals surface area contributed by atoms with E-state index in [-0.39, 0.29) is 6.61 Å². The summed E-state index contributed by atoms with van der Waals surface area (Å²) in [6.07, 6.45) is 1.83. The monoisotopic (exact) mass is 242 g/mol. The third kappa shape index (κ3) is 1.60. The Morgan fingerprint density at radius 1 is 1.33 bits per heavy atom. The van der Waals surface area contributed by atoms with Crippen LogP contribution in [0.2, 0.25) is 0 Å². The van der Waals surface area contributed by atoms with Gasteiger partial charge in [-0.25, -0.2) is 9.97 Å². The van der Waals surface area contributed by atoms with Crippen molar-refractivity contribution in [2.45, 2.75) is 6.92 Å². The molecule has 0 saturated carbocycles. The molecule has 0 saturated heterocycles. The first-order valence-electron chi connectivity index (χ1n) is 5.89. The van der Waals surface area contributed by atoms with Gasteiger partial charge in [0.1, 0.15) is 0 Å². The predicted molar refractivity (Wildman–Crippen MR) is 70.8 cm³/mol. The molecule has 3 aromatic rings. The molecule has 0 spiro atoms. The van der Waals surface area contributed by atoms with Crippen molar-refractivity contribution in [2.24, 2.45) is 0 Å². The van der Waals surface area contributed by atoms with Gasteiger partial charge in [0.25, 0.3) is 0 Å². The average molecular weight is 242 g/mol. The van der Waals surface area contributed by atoms with Crippen molar-refractivity contribution in [2.75, 3.05) is 18.5 Å². The van der Waals surface area contributed by atoms with Crippen molar-refractivity contribution < 1.29 is 5.11 Å². The molecule has 0 amide bonds. The van der Waals surface area contributed by atoms with Crippen LogP contribution in [0.5, 0.6) is 0 Å². The van der Waals surface area contributed by atoms with Crippen LogP contribution in [0.3, 0.4) is 0 Å². The van der Waals surface area contributed by atoms with Crippen LogP contribution in [0.4, 0.5) is 5.82 Å². The van der Waals surface area contributed by atoms with E-state index in [1.165, 1.54) is 0 Å². The summed E-state index contributed by atoms with van der Waals surface area (Å²) in [6.45, 7) is 2.55. The number of para-hydroxylation sites is 2. The van der Waals surface area contributed by atoms with Gasteiger partial charge in [0.2, 0.25) is 0 Å². The molecule has 5 nitrogen and oxygen atoms in total. The summed E-state index contributed by atoms with van der Waals surface area (Å²) in [5.41, 5.74) is 3.80. The van der Waals surface area contributed by atoms with E-state index >= 15 is 0 Å². The SMILES string of the molecule is Cc1cnc2c(NCCO)nc3ccccc3n12. The zero-order valence-corrected chi connectivity index (χ0v) is 10.1. The smallest absolute Gasteiger partial charge is 0.180 e. The standard InChI is InChI=1S/C13H14N4O/c1-9-8-15-13-12(14-6-7-18)16-10-4-2-3-5-11(10)17(9)13/h2-5,8,18H,6-7H2,1H3,(H,14,16). The second-order valence-electron chi connectivity index (χ2n) is 4.16. The van der Waals surface area contributed by atoms with Gasteiger partial charge in [0.15, 0.2) is 11.5 Å². The van der Waals surface area contributed by atoms with E-state index in [0.29, 0.717) is 12.4 Å². The van der Waals surface area contributed by atoms with Crippen LogP contribution in [-0.2, 0) is 0 Å². The predicted octanol–water partition coefficient (Wildman–Crippen LogP) is 1.60. The molecule has 0 fully saturated rings. The van der Waals surface area contributed by atoms with Crippen molar-refractivity contribution in [3.8, 4) is 0 Å². The molecular formula is C13H14N4O. The van der Waals surface area contributed by atoms with Gasteiger partial charge in [-0.15, -0.1) is 0 Å². The molecule has 0 aliphatic rings. The molecular weight excluding hydrogens is 228 g/mol. The molecule has 5 heteroatoms. The highest BCUT2D eigenvalue weighted by Gasteiger charge is 2.10. The van der Waals surface area contributed by atoms with Crippen molar-refractivity contribution >= 4 is 22.5 Å². The van der Waals surface area contributed by atoms with Crippen molar-refractivity contribution in [1.29, 1.82) is 0 Å². The van der Waals surface area contributed by atoms with Crippen LogP contribution in [-0.4, -0.2) is 32.6 Å². The second-order valence-corrected chi connectivity index (χ2v) is 4.16. The van der Waals surface area contributed by atoms with E-state index in [1.807, 2.05) is 37.4 Å². The molecule has 0 unspecified atom stereocenters. The van der Waals surface area contributed by atoms with Crippen LogP contribution < -0.4 is 5.32 Å². The summed E-state index contributed by atoms with van der Waals surface area (Å²) in [5.74, 6) is 0.704. The second kappa shape index (κ2) is 4.27. The third-order valence-electron chi connectivity index (χ3n) is 2.91. The molecule has 1 aromatic carbocycles. The van der Waals surface area contributed by atoms with E-state index in [1.54, 1.807) is 0 Å². The van der Waals surface area contributed by atoms with Gasteiger partial charge in [0.05, 0.1) is 17.6 Å². The first-order chi connectivity index (χ1) is 8.81. The van der Waals surface area contributed by atoms with E-state index in [9.17, 15) is 0 Å². The lowest BCUT2D eigenvalue weighted by molar-refractivity contribution is 0.311. The van der Waals surface area contributed by atoms with E-state index in [2.05, 4.69) is 19.7 Å². The number of rotatable bonds is 3. The minimum atomic E-state index is 0.0698. The van der Waals surface area contributed by atoms with E-state index in [0.717, 1.165) is 22.4 Å². The Kier molecular flexibility index (Phi) is 2.60. The first-order valence-corrected chi connectivity index (χ1v) is 5.89. The fourth-order valence-electron chi connectivity index (χ4n) is 2.12. The summed E-state index contributed by atoms with van der Waals surface area (Å²) in [4.78, 5) is 8.93. The summed E-state index contributed by atoms with van der Waals surface area (Å²) >= 11 is 0. The van der Waals surface area contributed by atoms with Gasteiger partial charge in [-0.05, 0) is 19.1 Å². The quantitative estimate of drug-likeness (QED) is 0.732. The van der Waals surface area contributed by atoms with Gasteiger partial charge < -0.3 is 10.4 Å². The maximum atomic E-state index is 8.90. The Morgan fingerprint density at radius 2 is 2.17 bits per heavy atom. The number of hydrogen-bond donors (Lipinski definition) is 2. The number of anilines is 1. The molecule has 0 radical (unpaired) electrons. The molecule has 2 N–H and O–H groups in total. The molecule has 3 rings (SSSR count). The summed E-state index contributed by atoms with van der Waals surface area (Å²) in [5, 5.41) is 12.0. The number of fused-ring (bicyclic) bond motifs is 3. The summed E-state index contributed by atoms with van der Waals surface area (Å²) in [7, 11) is 0. The number of imidazole rings is 1. The average Bonchev–Trinajstić information content (AvgIpc) is 2.79. The number of aromatic nitrogens is 3. The lowest BCUT2D eigenvalue weighted by Gasteiger charge is -2.09. The topological polar surface area (TPSA) is 62.5 Å². The fraction of sp³-hybridized carbons (Fsp3) is 0.231. The molecule has 0 atom stereocenters. The Hall–Kier alpha value is -2.14. The maximum Gasteiger partial charge on any atom is 0.180 e. The first kappa shape index (κ1) is 11.0. The number of nitrogens with one attached hydrogen (secondary N) is 1. The van der Waals surface area contributed by atoms with Gasteiger partial charge in [-0.2, -0.15) is 0 Å². The zero-order valence-electron chi connectivity index (χ0n) is 10.1. The molecule has 0 aliphatic carbocycles. The van der Waals surface area contributed by atoms with Crippen LogP contribution in [0.15, 0.2) is 30.5 Å². The van der Waals surface area contributed by atoms with Gasteiger partial charge >= 0.3 is 0 Å². The zero-order chi connectivity index (χ0) is 12.5. The Labute approximate surface area is 104 Å². The minimum Gasteiger partial charge on any atom is -0.395 e. The number of nitrogens with zero attached hydrogens (tertiary/aromatic N) is 3. The Morgan fingerprint density at radius 3 is 3.00 bits per heavy atom. The Bertz CT molecular complexity index is 705. The number of hydrogen-bond acceptors (Lipinski definition) is 4. The van der Waals surface area contributed by atoms with Crippen LogP contribution >= 0.6 is 0 Å². The molecule has 0 bridgehead atoms. The van der Waals surface area contributed by atoms with E-state index in [4.69, 9.17) is 5.11 Å². The highest BCUT2D eigenvalue weighted by atomic mass is 16.3.